The first-order valence-electron chi connectivity index (χ1n) is 6.65. The molecule has 0 saturated carbocycles. The van der Waals surface area contributed by atoms with Gasteiger partial charge in [-0.15, -0.1) is 0 Å². The summed E-state index contributed by atoms with van der Waals surface area (Å²) in [5.74, 6) is 0. The summed E-state index contributed by atoms with van der Waals surface area (Å²) in [6.07, 6.45) is 3.34. The smallest absolute Gasteiger partial charge is 0.274 e. The normalized spacial score (nSPS) is 22.8. The monoisotopic (exact) mass is 311 g/mol. The number of nitrogens with one attached hydrogen (secondary N) is 1. The fourth-order valence-electron chi connectivity index (χ4n) is 2.49. The topological polar surface area (TPSA) is 86.4 Å². The Morgan fingerprint density at radius 3 is 2.90 bits per heavy atom. The van der Waals surface area contributed by atoms with Crippen LogP contribution in [0.15, 0.2) is 34.1 Å². The van der Waals surface area contributed by atoms with Gasteiger partial charge in [0.2, 0.25) is 5.09 Å². The molecule has 114 valence electrons. The summed E-state index contributed by atoms with van der Waals surface area (Å²) in [7, 11) is -1.83. The maximum absolute atomic E-state index is 12.2. The summed E-state index contributed by atoms with van der Waals surface area (Å²) in [5, 5.41) is 4.10. The molecule has 7 nitrogen and oxygen atoms in total. The number of nitrogens with zero attached hydrogens (tertiary/aromatic N) is 2. The van der Waals surface area contributed by atoms with Crippen molar-refractivity contribution in [3.05, 3.63) is 35.9 Å². The maximum atomic E-state index is 12.2. The molecular formula is C13H17N3O4S. The van der Waals surface area contributed by atoms with E-state index in [2.05, 4.69) is 9.82 Å². The van der Waals surface area contributed by atoms with Crippen molar-refractivity contribution in [3.63, 3.8) is 0 Å². The molecule has 2 atom stereocenters. The molecule has 1 fully saturated rings. The van der Waals surface area contributed by atoms with E-state index in [9.17, 15) is 8.42 Å². The van der Waals surface area contributed by atoms with Gasteiger partial charge < -0.3 is 9.15 Å². The largest absolute Gasteiger partial charge is 0.452 e. The van der Waals surface area contributed by atoms with Crippen molar-refractivity contribution in [2.24, 2.45) is 7.05 Å². The number of aromatic nitrogens is 2. The van der Waals surface area contributed by atoms with Gasteiger partial charge in [0.05, 0.1) is 18.5 Å². The Balaban J connectivity index is 1.84. The molecule has 0 spiro atoms. The molecule has 1 saturated heterocycles. The van der Waals surface area contributed by atoms with E-state index in [1.807, 2.05) is 14.0 Å². The highest BCUT2D eigenvalue weighted by Crippen LogP contribution is 2.31. The molecule has 3 rings (SSSR count). The van der Waals surface area contributed by atoms with Gasteiger partial charge in [0.15, 0.2) is 0 Å². The quantitative estimate of drug-likeness (QED) is 0.914. The molecule has 0 bridgehead atoms. The molecule has 1 aliphatic rings. The van der Waals surface area contributed by atoms with Crippen LogP contribution in [0.4, 0.5) is 0 Å². The number of sulfonamides is 1. The number of aryl methyl sites for hydroxylation is 1. The minimum absolute atomic E-state index is 0.0870. The van der Waals surface area contributed by atoms with E-state index in [0.29, 0.717) is 13.0 Å². The van der Waals surface area contributed by atoms with Crippen LogP contribution in [0.25, 0.3) is 0 Å². The minimum Gasteiger partial charge on any atom is -0.452 e. The van der Waals surface area contributed by atoms with E-state index in [1.165, 1.54) is 12.3 Å². The van der Waals surface area contributed by atoms with Gasteiger partial charge >= 0.3 is 0 Å². The summed E-state index contributed by atoms with van der Waals surface area (Å²) in [6, 6.07) is 2.63. The summed E-state index contributed by atoms with van der Waals surface area (Å²) >= 11 is 0. The molecule has 0 unspecified atom stereocenters. The second kappa shape index (κ2) is 5.28. The molecule has 0 aliphatic carbocycles. The van der Waals surface area contributed by atoms with Crippen LogP contribution in [0, 0.1) is 6.92 Å². The van der Waals surface area contributed by atoms with Gasteiger partial charge in [0.25, 0.3) is 10.0 Å². The predicted octanol–water partition coefficient (Wildman–Crippen LogP) is 1.13. The standard InChI is InChI=1S/C13H17N3O4S/c1-9-10(8-14-16(9)2)13-11(5-7-20-13)15-21(17,18)12-4-3-6-19-12/h3-4,6,8,11,13,15H,5,7H2,1-2H3/t11-,13+/m0/s1. The van der Waals surface area contributed by atoms with Crippen molar-refractivity contribution in [1.82, 2.24) is 14.5 Å². The fraction of sp³-hybridized carbons (Fsp3) is 0.462. The van der Waals surface area contributed by atoms with E-state index in [0.717, 1.165) is 11.3 Å². The molecule has 0 radical (unpaired) electrons. The zero-order chi connectivity index (χ0) is 15.0. The summed E-state index contributed by atoms with van der Waals surface area (Å²) in [6.45, 7) is 2.44. The fourth-order valence-corrected chi connectivity index (χ4v) is 3.68. The van der Waals surface area contributed by atoms with Crippen LogP contribution < -0.4 is 4.72 Å². The van der Waals surface area contributed by atoms with Gasteiger partial charge in [-0.25, -0.2) is 13.1 Å². The van der Waals surface area contributed by atoms with Crippen LogP contribution in [0.2, 0.25) is 0 Å². The number of ether oxygens (including phenoxy) is 1. The second-order valence-corrected chi connectivity index (χ2v) is 6.69. The highest BCUT2D eigenvalue weighted by atomic mass is 32.2. The zero-order valence-electron chi connectivity index (χ0n) is 11.8. The van der Waals surface area contributed by atoms with Gasteiger partial charge in [0, 0.05) is 24.9 Å². The van der Waals surface area contributed by atoms with Crippen molar-refractivity contribution in [2.45, 2.75) is 30.6 Å². The lowest BCUT2D eigenvalue weighted by atomic mass is 10.0. The van der Waals surface area contributed by atoms with Gasteiger partial charge in [-0.05, 0) is 25.5 Å². The van der Waals surface area contributed by atoms with Gasteiger partial charge in [-0.1, -0.05) is 0 Å². The molecule has 1 N–H and O–H groups in total. The Labute approximate surface area is 122 Å². The molecule has 2 aromatic heterocycles. The average molecular weight is 311 g/mol. The van der Waals surface area contributed by atoms with Gasteiger partial charge in [0.1, 0.15) is 6.10 Å². The van der Waals surface area contributed by atoms with Gasteiger partial charge in [-0.3, -0.25) is 4.68 Å². The molecule has 21 heavy (non-hydrogen) atoms. The zero-order valence-corrected chi connectivity index (χ0v) is 12.6. The molecule has 2 aromatic rings. The number of hydrogen-bond acceptors (Lipinski definition) is 5. The third kappa shape index (κ3) is 2.61. The number of furan rings is 1. The lowest BCUT2D eigenvalue weighted by molar-refractivity contribution is 0.102. The van der Waals surface area contributed by atoms with Crippen LogP contribution in [0.3, 0.4) is 0 Å². The molecule has 3 heterocycles. The van der Waals surface area contributed by atoms with Crippen LogP contribution in [-0.2, 0) is 21.8 Å². The van der Waals surface area contributed by atoms with E-state index < -0.39 is 10.0 Å². The Kier molecular flexibility index (Phi) is 3.60. The first kappa shape index (κ1) is 14.3. The predicted molar refractivity (Wildman–Crippen MR) is 74.1 cm³/mol. The average Bonchev–Trinajstić information content (AvgIpc) is 3.13. The van der Waals surface area contributed by atoms with Crippen LogP contribution >= 0.6 is 0 Å². The van der Waals surface area contributed by atoms with Crippen molar-refractivity contribution in [1.29, 1.82) is 0 Å². The molecule has 1 aliphatic heterocycles. The lowest BCUT2D eigenvalue weighted by Gasteiger charge is -2.19. The highest BCUT2D eigenvalue weighted by Gasteiger charge is 2.35. The van der Waals surface area contributed by atoms with E-state index in [1.54, 1.807) is 16.9 Å². The Bertz CT molecular complexity index is 721. The van der Waals surface area contributed by atoms with E-state index in [4.69, 9.17) is 9.15 Å². The van der Waals surface area contributed by atoms with E-state index in [-0.39, 0.29) is 17.2 Å². The minimum atomic E-state index is -3.67. The first-order chi connectivity index (χ1) is 9.99. The highest BCUT2D eigenvalue weighted by molar-refractivity contribution is 7.89. The van der Waals surface area contributed by atoms with Crippen molar-refractivity contribution in [3.8, 4) is 0 Å². The molecule has 0 aromatic carbocycles. The molecule has 0 amide bonds. The number of hydrogen-bond donors (Lipinski definition) is 1. The summed E-state index contributed by atoms with van der Waals surface area (Å²) in [4.78, 5) is 0. The van der Waals surface area contributed by atoms with E-state index >= 15 is 0 Å². The summed E-state index contributed by atoms with van der Waals surface area (Å²) < 4.78 is 39.5. The number of rotatable bonds is 4. The van der Waals surface area contributed by atoms with Crippen molar-refractivity contribution in [2.75, 3.05) is 6.61 Å². The van der Waals surface area contributed by atoms with Crippen molar-refractivity contribution >= 4 is 10.0 Å². The third-order valence-electron chi connectivity index (χ3n) is 3.74. The van der Waals surface area contributed by atoms with Crippen molar-refractivity contribution < 1.29 is 17.6 Å². The Morgan fingerprint density at radius 1 is 1.48 bits per heavy atom. The van der Waals surface area contributed by atoms with Crippen LogP contribution in [-0.4, -0.2) is 30.8 Å². The van der Waals surface area contributed by atoms with Crippen LogP contribution in [0.5, 0.6) is 0 Å². The van der Waals surface area contributed by atoms with Crippen LogP contribution in [0.1, 0.15) is 23.8 Å². The Hall–Kier alpha value is -1.64. The second-order valence-electron chi connectivity index (χ2n) is 5.05. The summed E-state index contributed by atoms with van der Waals surface area (Å²) in [5.41, 5.74) is 1.87. The lowest BCUT2D eigenvalue weighted by Crippen LogP contribution is -2.36. The molecule has 8 heteroatoms. The first-order valence-corrected chi connectivity index (χ1v) is 8.13. The Morgan fingerprint density at radius 2 is 2.29 bits per heavy atom. The van der Waals surface area contributed by atoms with Gasteiger partial charge in [-0.2, -0.15) is 5.10 Å². The maximum Gasteiger partial charge on any atom is 0.274 e. The molecular weight excluding hydrogens is 294 g/mol. The SMILES string of the molecule is Cc1c([C@H]2OCC[C@@H]2NS(=O)(=O)c2ccco2)cnn1C. The third-order valence-corrected chi connectivity index (χ3v) is 5.11.